The Morgan fingerprint density at radius 1 is 1.39 bits per heavy atom. The van der Waals surface area contributed by atoms with Crippen LogP contribution in [0.4, 0.5) is 0 Å². The molecule has 2 heterocycles. The van der Waals surface area contributed by atoms with Crippen LogP contribution < -0.4 is 10.9 Å². The monoisotopic (exact) mass is 335 g/mol. The van der Waals surface area contributed by atoms with E-state index in [9.17, 15) is 19.5 Å². The minimum absolute atomic E-state index is 0.0479. The van der Waals surface area contributed by atoms with Crippen molar-refractivity contribution < 1.29 is 14.7 Å². The zero-order valence-electron chi connectivity index (χ0n) is 12.4. The fourth-order valence-electron chi connectivity index (χ4n) is 2.97. The van der Waals surface area contributed by atoms with Gasteiger partial charge in [-0.15, -0.1) is 11.3 Å². The lowest BCUT2D eigenvalue weighted by atomic mass is 9.97. The molecule has 0 aromatic carbocycles. The van der Waals surface area contributed by atoms with Crippen LogP contribution in [0.25, 0.3) is 10.2 Å². The number of nitrogens with zero attached hydrogens (tertiary/aromatic N) is 2. The second-order valence-electron chi connectivity index (χ2n) is 5.78. The van der Waals surface area contributed by atoms with E-state index in [4.69, 9.17) is 0 Å². The van der Waals surface area contributed by atoms with Crippen LogP contribution in [0.1, 0.15) is 32.1 Å². The molecule has 1 aliphatic rings. The summed E-state index contributed by atoms with van der Waals surface area (Å²) >= 11 is 1.39. The molecule has 0 aliphatic heterocycles. The Hall–Kier alpha value is -2.22. The van der Waals surface area contributed by atoms with Crippen molar-refractivity contribution in [3.63, 3.8) is 0 Å². The van der Waals surface area contributed by atoms with Crippen molar-refractivity contribution in [3.05, 3.63) is 28.1 Å². The molecule has 7 nitrogen and oxygen atoms in total. The molecule has 3 rings (SSSR count). The Kier molecular flexibility index (Phi) is 4.16. The van der Waals surface area contributed by atoms with Gasteiger partial charge in [-0.1, -0.05) is 12.8 Å². The van der Waals surface area contributed by atoms with Crippen molar-refractivity contribution in [2.24, 2.45) is 0 Å². The third-order valence-corrected chi connectivity index (χ3v) is 5.10. The SMILES string of the molecule is O=C(CCn1cnc2sccc2c1=O)NC1(C(=O)O)CCCC1. The maximum atomic E-state index is 12.2. The lowest BCUT2D eigenvalue weighted by Gasteiger charge is -2.25. The number of carboxylic acids is 1. The van der Waals surface area contributed by atoms with E-state index in [1.807, 2.05) is 0 Å². The molecule has 122 valence electrons. The maximum absolute atomic E-state index is 12.2. The highest BCUT2D eigenvalue weighted by Gasteiger charge is 2.42. The standard InChI is InChI=1S/C15H17N3O4S/c19-11(17-15(14(21)22)5-1-2-6-15)3-7-18-9-16-12-10(13(18)20)4-8-23-12/h4,8-9H,1-3,5-7H2,(H,17,19)(H,21,22). The highest BCUT2D eigenvalue weighted by Crippen LogP contribution is 2.30. The highest BCUT2D eigenvalue weighted by molar-refractivity contribution is 7.16. The molecule has 0 spiro atoms. The lowest BCUT2D eigenvalue weighted by molar-refractivity contribution is -0.147. The van der Waals surface area contributed by atoms with E-state index in [-0.39, 0.29) is 24.4 Å². The van der Waals surface area contributed by atoms with Gasteiger partial charge in [-0.3, -0.25) is 14.2 Å². The molecule has 0 unspecified atom stereocenters. The smallest absolute Gasteiger partial charge is 0.329 e. The van der Waals surface area contributed by atoms with Crippen LogP contribution in [0.3, 0.4) is 0 Å². The highest BCUT2D eigenvalue weighted by atomic mass is 32.1. The van der Waals surface area contributed by atoms with E-state index in [1.54, 1.807) is 11.4 Å². The van der Waals surface area contributed by atoms with Gasteiger partial charge in [0.15, 0.2) is 0 Å². The van der Waals surface area contributed by atoms with Gasteiger partial charge in [0.1, 0.15) is 10.4 Å². The van der Waals surface area contributed by atoms with E-state index >= 15 is 0 Å². The van der Waals surface area contributed by atoms with Crippen LogP contribution in [0.15, 0.2) is 22.6 Å². The molecule has 1 fully saturated rings. The van der Waals surface area contributed by atoms with Crippen LogP contribution >= 0.6 is 11.3 Å². The van der Waals surface area contributed by atoms with E-state index in [2.05, 4.69) is 10.3 Å². The summed E-state index contributed by atoms with van der Waals surface area (Å²) in [5, 5.41) is 14.3. The summed E-state index contributed by atoms with van der Waals surface area (Å²) in [6, 6.07) is 1.71. The topological polar surface area (TPSA) is 101 Å². The molecular weight excluding hydrogens is 318 g/mol. The number of fused-ring (bicyclic) bond motifs is 1. The Bertz CT molecular complexity index is 804. The quantitative estimate of drug-likeness (QED) is 0.859. The predicted molar refractivity (Wildman–Crippen MR) is 85.5 cm³/mol. The van der Waals surface area contributed by atoms with Gasteiger partial charge in [-0.05, 0) is 24.3 Å². The second-order valence-corrected chi connectivity index (χ2v) is 6.67. The minimum atomic E-state index is -1.14. The fourth-order valence-corrected chi connectivity index (χ4v) is 3.70. The second kappa shape index (κ2) is 6.11. The number of aryl methyl sites for hydroxylation is 1. The van der Waals surface area contributed by atoms with Crippen LogP contribution in [0, 0.1) is 0 Å². The normalized spacial score (nSPS) is 16.5. The molecule has 8 heteroatoms. The maximum Gasteiger partial charge on any atom is 0.329 e. The van der Waals surface area contributed by atoms with E-state index in [0.717, 1.165) is 12.8 Å². The Morgan fingerprint density at radius 2 is 2.13 bits per heavy atom. The number of hydrogen-bond acceptors (Lipinski definition) is 5. The Morgan fingerprint density at radius 3 is 2.83 bits per heavy atom. The number of rotatable bonds is 5. The minimum Gasteiger partial charge on any atom is -0.480 e. The Labute approximate surface area is 136 Å². The summed E-state index contributed by atoms with van der Waals surface area (Å²) in [7, 11) is 0. The number of carbonyl (C=O) groups excluding carboxylic acids is 1. The number of hydrogen-bond donors (Lipinski definition) is 2. The molecular formula is C15H17N3O4S. The first-order valence-corrected chi connectivity index (χ1v) is 8.37. The van der Waals surface area contributed by atoms with E-state index in [0.29, 0.717) is 23.1 Å². The van der Waals surface area contributed by atoms with Gasteiger partial charge in [0, 0.05) is 13.0 Å². The largest absolute Gasteiger partial charge is 0.480 e. The predicted octanol–water partition coefficient (Wildman–Crippen LogP) is 1.36. The number of carbonyl (C=O) groups is 2. The summed E-state index contributed by atoms with van der Waals surface area (Å²) in [6.07, 6.45) is 3.98. The van der Waals surface area contributed by atoms with Crippen molar-refractivity contribution >= 4 is 33.4 Å². The average molecular weight is 335 g/mol. The first-order chi connectivity index (χ1) is 11.0. The third kappa shape index (κ3) is 2.98. The van der Waals surface area contributed by atoms with Crippen LogP contribution in [-0.2, 0) is 16.1 Å². The van der Waals surface area contributed by atoms with Gasteiger partial charge in [-0.2, -0.15) is 0 Å². The van der Waals surface area contributed by atoms with Crippen molar-refractivity contribution in [2.75, 3.05) is 0 Å². The van der Waals surface area contributed by atoms with Gasteiger partial charge >= 0.3 is 5.97 Å². The Balaban J connectivity index is 1.67. The number of carboxylic acid groups (broad SMARTS) is 1. The van der Waals surface area contributed by atoms with E-state index < -0.39 is 11.5 Å². The number of aromatic nitrogens is 2. The van der Waals surface area contributed by atoms with Crippen molar-refractivity contribution in [3.8, 4) is 0 Å². The molecule has 1 amide bonds. The molecule has 0 radical (unpaired) electrons. The molecule has 0 bridgehead atoms. The summed E-state index contributed by atoms with van der Waals surface area (Å²) in [5.74, 6) is -1.34. The zero-order valence-corrected chi connectivity index (χ0v) is 13.3. The molecule has 0 atom stereocenters. The summed E-state index contributed by atoms with van der Waals surface area (Å²) in [5.41, 5.74) is -1.32. The number of aliphatic carboxylic acids is 1. The first kappa shape index (κ1) is 15.7. The molecule has 0 saturated heterocycles. The van der Waals surface area contributed by atoms with Gasteiger partial charge in [-0.25, -0.2) is 9.78 Å². The number of nitrogens with one attached hydrogen (secondary N) is 1. The summed E-state index contributed by atoms with van der Waals surface area (Å²) in [4.78, 5) is 40.6. The summed E-state index contributed by atoms with van der Waals surface area (Å²) in [6.45, 7) is 0.180. The molecule has 2 N–H and O–H groups in total. The number of amides is 1. The molecule has 1 aliphatic carbocycles. The van der Waals surface area contributed by atoms with Gasteiger partial charge in [0.05, 0.1) is 11.7 Å². The third-order valence-electron chi connectivity index (χ3n) is 4.28. The van der Waals surface area contributed by atoms with Gasteiger partial charge < -0.3 is 10.4 Å². The summed E-state index contributed by atoms with van der Waals surface area (Å²) < 4.78 is 1.39. The fraction of sp³-hybridized carbons (Fsp3) is 0.467. The van der Waals surface area contributed by atoms with Crippen LogP contribution in [0.5, 0.6) is 0 Å². The first-order valence-electron chi connectivity index (χ1n) is 7.49. The lowest BCUT2D eigenvalue weighted by Crippen LogP contribution is -2.52. The van der Waals surface area contributed by atoms with Gasteiger partial charge in [0.25, 0.3) is 5.56 Å². The van der Waals surface area contributed by atoms with Crippen molar-refractivity contribution in [1.82, 2.24) is 14.9 Å². The molecule has 2 aromatic heterocycles. The van der Waals surface area contributed by atoms with Crippen molar-refractivity contribution in [2.45, 2.75) is 44.2 Å². The van der Waals surface area contributed by atoms with Crippen LogP contribution in [-0.4, -0.2) is 32.1 Å². The van der Waals surface area contributed by atoms with Crippen molar-refractivity contribution in [1.29, 1.82) is 0 Å². The molecule has 1 saturated carbocycles. The molecule has 2 aromatic rings. The van der Waals surface area contributed by atoms with Gasteiger partial charge in [0.2, 0.25) is 5.91 Å². The van der Waals surface area contributed by atoms with E-state index in [1.165, 1.54) is 22.2 Å². The average Bonchev–Trinajstić information content (AvgIpc) is 3.16. The zero-order chi connectivity index (χ0) is 16.4. The molecule has 23 heavy (non-hydrogen) atoms. The number of thiophene rings is 1. The van der Waals surface area contributed by atoms with Crippen LogP contribution in [0.2, 0.25) is 0 Å².